The number of nitrogens with zero attached hydrogens (tertiary/aromatic N) is 4. The molecule has 0 spiro atoms. The Morgan fingerprint density at radius 2 is 1.69 bits per heavy atom. The Kier molecular flexibility index (Phi) is 10.2. The van der Waals surface area contributed by atoms with Gasteiger partial charge in [-0.05, 0) is 49.7 Å². The number of carbonyl (C=O) groups excluding carboxylic acids is 2. The molecular weight excluding hydrogens is 452 g/mol. The van der Waals surface area contributed by atoms with Crippen molar-refractivity contribution in [2.45, 2.75) is 39.7 Å². The van der Waals surface area contributed by atoms with Crippen LogP contribution in [-0.2, 0) is 16.1 Å². The number of amides is 2. The van der Waals surface area contributed by atoms with Crippen molar-refractivity contribution in [2.24, 2.45) is 5.92 Å². The molecule has 36 heavy (non-hydrogen) atoms. The lowest BCUT2D eigenvalue weighted by atomic mass is 10.1. The van der Waals surface area contributed by atoms with Crippen molar-refractivity contribution >= 4 is 23.2 Å². The van der Waals surface area contributed by atoms with Crippen LogP contribution in [0.4, 0.5) is 11.4 Å². The molecule has 0 saturated heterocycles. The first-order valence-corrected chi connectivity index (χ1v) is 13.0. The number of para-hydroxylation sites is 3. The minimum absolute atomic E-state index is 0.110. The predicted molar refractivity (Wildman–Crippen MR) is 147 cm³/mol. The van der Waals surface area contributed by atoms with E-state index >= 15 is 0 Å². The van der Waals surface area contributed by atoms with Crippen LogP contribution in [0.25, 0.3) is 0 Å². The summed E-state index contributed by atoms with van der Waals surface area (Å²) < 4.78 is 5.49. The summed E-state index contributed by atoms with van der Waals surface area (Å²) in [4.78, 5) is 34.9. The summed E-state index contributed by atoms with van der Waals surface area (Å²) in [6.45, 7) is 8.26. The average molecular weight is 495 g/mol. The van der Waals surface area contributed by atoms with Crippen LogP contribution in [-0.4, -0.2) is 75.5 Å². The highest BCUT2D eigenvalue weighted by molar-refractivity contribution is 5.94. The summed E-state index contributed by atoms with van der Waals surface area (Å²) in [7, 11) is 5.73. The van der Waals surface area contributed by atoms with E-state index in [4.69, 9.17) is 4.74 Å². The first-order valence-electron chi connectivity index (χ1n) is 13.0. The average Bonchev–Trinajstić information content (AvgIpc) is 2.90. The number of hydrogen-bond donors (Lipinski definition) is 0. The maximum atomic E-state index is 13.5. The van der Waals surface area contributed by atoms with Crippen LogP contribution in [0.2, 0.25) is 0 Å². The fourth-order valence-electron chi connectivity index (χ4n) is 4.63. The number of rotatable bonds is 7. The second-order valence-corrected chi connectivity index (χ2v) is 10.1. The Morgan fingerprint density at radius 1 is 0.972 bits per heavy atom. The van der Waals surface area contributed by atoms with Gasteiger partial charge < -0.3 is 24.3 Å². The van der Waals surface area contributed by atoms with Crippen molar-refractivity contribution in [3.8, 4) is 5.75 Å². The summed E-state index contributed by atoms with van der Waals surface area (Å²) in [5.41, 5.74) is 2.91. The van der Waals surface area contributed by atoms with Gasteiger partial charge in [0.15, 0.2) is 0 Å². The lowest BCUT2D eigenvalue weighted by molar-refractivity contribution is -0.131. The molecule has 2 aromatic carbocycles. The molecule has 7 nitrogen and oxygen atoms in total. The van der Waals surface area contributed by atoms with Crippen LogP contribution in [0.1, 0.15) is 38.7 Å². The van der Waals surface area contributed by atoms with Gasteiger partial charge >= 0.3 is 0 Å². The summed E-state index contributed by atoms with van der Waals surface area (Å²) in [5.74, 6) is 1.35. The van der Waals surface area contributed by atoms with Crippen molar-refractivity contribution in [3.63, 3.8) is 0 Å². The Balaban J connectivity index is 1.80. The highest BCUT2D eigenvalue weighted by atomic mass is 16.5. The Labute approximate surface area is 216 Å². The number of ether oxygens (including phenoxy) is 1. The van der Waals surface area contributed by atoms with Crippen LogP contribution in [0.3, 0.4) is 0 Å². The molecule has 0 N–H and O–H groups in total. The molecule has 0 unspecified atom stereocenters. The van der Waals surface area contributed by atoms with E-state index in [9.17, 15) is 9.59 Å². The van der Waals surface area contributed by atoms with Gasteiger partial charge in [-0.1, -0.05) is 44.2 Å². The fraction of sp³-hybridized carbons (Fsp3) is 0.517. The van der Waals surface area contributed by atoms with E-state index in [0.29, 0.717) is 44.9 Å². The minimum Gasteiger partial charge on any atom is -0.495 e. The quantitative estimate of drug-likeness (QED) is 0.576. The molecule has 196 valence electrons. The SMILES string of the molecule is COc1ccccc1N(C)CCC(=O)N1CCN(C)CCCN(C(=O)CC(C)C)c2ccccc2C1. The maximum Gasteiger partial charge on any atom is 0.227 e. The van der Waals surface area contributed by atoms with Crippen molar-refractivity contribution < 1.29 is 14.3 Å². The molecular formula is C29H42N4O3. The van der Waals surface area contributed by atoms with Gasteiger partial charge in [0.25, 0.3) is 0 Å². The smallest absolute Gasteiger partial charge is 0.227 e. The zero-order valence-corrected chi connectivity index (χ0v) is 22.6. The standard InChI is InChI=1S/C29H42N4O3/c1-23(2)21-29(35)33-17-10-16-30(3)19-20-32(22-24-11-6-7-12-25(24)33)28(34)15-18-31(4)26-13-8-9-14-27(26)36-5/h6-9,11-14,23H,10,15-22H2,1-5H3. The van der Waals surface area contributed by atoms with Gasteiger partial charge in [-0.25, -0.2) is 0 Å². The fourth-order valence-corrected chi connectivity index (χ4v) is 4.63. The highest BCUT2D eigenvalue weighted by Crippen LogP contribution is 2.27. The summed E-state index contributed by atoms with van der Waals surface area (Å²) >= 11 is 0. The van der Waals surface area contributed by atoms with E-state index in [1.807, 2.05) is 65.4 Å². The number of fused-ring (bicyclic) bond motifs is 1. The van der Waals surface area contributed by atoms with E-state index in [0.717, 1.165) is 42.2 Å². The van der Waals surface area contributed by atoms with Crippen LogP contribution in [0, 0.1) is 5.92 Å². The summed E-state index contributed by atoms with van der Waals surface area (Å²) in [6.07, 6.45) is 1.81. The largest absolute Gasteiger partial charge is 0.495 e. The van der Waals surface area contributed by atoms with Gasteiger partial charge in [-0.2, -0.15) is 0 Å². The second kappa shape index (κ2) is 13.3. The van der Waals surface area contributed by atoms with Crippen LogP contribution in [0.5, 0.6) is 5.75 Å². The number of anilines is 2. The first kappa shape index (κ1) is 27.5. The van der Waals surface area contributed by atoms with E-state index in [-0.39, 0.29) is 11.8 Å². The normalized spacial score (nSPS) is 15.3. The topological polar surface area (TPSA) is 56.3 Å². The third-order valence-electron chi connectivity index (χ3n) is 6.71. The molecule has 0 saturated carbocycles. The highest BCUT2D eigenvalue weighted by Gasteiger charge is 2.23. The lowest BCUT2D eigenvalue weighted by Crippen LogP contribution is -2.38. The first-order chi connectivity index (χ1) is 17.3. The minimum atomic E-state index is 0.110. The number of carbonyl (C=O) groups is 2. The van der Waals surface area contributed by atoms with E-state index in [1.54, 1.807) is 7.11 Å². The molecule has 1 aliphatic rings. The zero-order valence-electron chi connectivity index (χ0n) is 22.6. The second-order valence-electron chi connectivity index (χ2n) is 10.1. The lowest BCUT2D eigenvalue weighted by Gasteiger charge is -2.29. The Morgan fingerprint density at radius 3 is 2.44 bits per heavy atom. The molecule has 7 heteroatoms. The van der Waals surface area contributed by atoms with Crippen molar-refractivity contribution in [1.29, 1.82) is 0 Å². The van der Waals surface area contributed by atoms with E-state index in [2.05, 4.69) is 30.7 Å². The molecule has 2 aromatic rings. The van der Waals surface area contributed by atoms with Crippen molar-refractivity contribution in [1.82, 2.24) is 9.80 Å². The van der Waals surface area contributed by atoms with E-state index in [1.165, 1.54) is 0 Å². The van der Waals surface area contributed by atoms with Gasteiger partial charge in [0.2, 0.25) is 11.8 Å². The molecule has 0 fully saturated rings. The molecule has 1 heterocycles. The third-order valence-corrected chi connectivity index (χ3v) is 6.71. The molecule has 3 rings (SSSR count). The Bertz CT molecular complexity index is 1010. The molecule has 0 bridgehead atoms. The number of methoxy groups -OCH3 is 1. The van der Waals surface area contributed by atoms with Crippen molar-refractivity contribution in [3.05, 3.63) is 54.1 Å². The zero-order chi connectivity index (χ0) is 26.1. The van der Waals surface area contributed by atoms with Gasteiger partial charge in [0.1, 0.15) is 5.75 Å². The molecule has 2 amide bonds. The summed E-state index contributed by atoms with van der Waals surface area (Å²) in [5, 5.41) is 0. The maximum absolute atomic E-state index is 13.5. The van der Waals surface area contributed by atoms with E-state index < -0.39 is 0 Å². The predicted octanol–water partition coefficient (Wildman–Crippen LogP) is 4.26. The van der Waals surface area contributed by atoms with Crippen molar-refractivity contribution in [2.75, 3.05) is 63.7 Å². The molecule has 0 aliphatic carbocycles. The Hall–Kier alpha value is -3.06. The number of hydrogen-bond acceptors (Lipinski definition) is 5. The molecule has 0 aromatic heterocycles. The van der Waals surface area contributed by atoms with Crippen LogP contribution < -0.4 is 14.5 Å². The van der Waals surface area contributed by atoms with Gasteiger partial charge in [0, 0.05) is 58.3 Å². The number of benzene rings is 2. The van der Waals surface area contributed by atoms with Gasteiger partial charge in [-0.3, -0.25) is 9.59 Å². The van der Waals surface area contributed by atoms with Crippen LogP contribution >= 0.6 is 0 Å². The molecule has 1 aliphatic heterocycles. The van der Waals surface area contributed by atoms with Gasteiger partial charge in [0.05, 0.1) is 12.8 Å². The monoisotopic (exact) mass is 494 g/mol. The summed E-state index contributed by atoms with van der Waals surface area (Å²) in [6, 6.07) is 15.9. The number of likely N-dealkylation sites (N-methyl/N-ethyl adjacent to an activating group) is 1. The molecule has 0 atom stereocenters. The third kappa shape index (κ3) is 7.47. The molecule has 0 radical (unpaired) electrons. The van der Waals surface area contributed by atoms with Crippen LogP contribution in [0.15, 0.2) is 48.5 Å². The van der Waals surface area contributed by atoms with Gasteiger partial charge in [-0.15, -0.1) is 0 Å².